The molecule has 3 aromatic heterocycles. The van der Waals surface area contributed by atoms with Gasteiger partial charge in [-0.25, -0.2) is 0 Å². The molecule has 0 saturated heterocycles. The molecule has 0 aromatic carbocycles. The van der Waals surface area contributed by atoms with Crippen molar-refractivity contribution in [3.63, 3.8) is 0 Å². The summed E-state index contributed by atoms with van der Waals surface area (Å²) in [5.41, 5.74) is 0. The predicted molar refractivity (Wildman–Crippen MR) is 71.6 cm³/mol. The van der Waals surface area contributed by atoms with E-state index in [1.165, 1.54) is 11.3 Å². The lowest BCUT2D eigenvalue weighted by Gasteiger charge is -1.92. The number of furan rings is 2. The Labute approximate surface area is 113 Å². The van der Waals surface area contributed by atoms with E-state index in [2.05, 4.69) is 0 Å². The van der Waals surface area contributed by atoms with E-state index in [0.717, 1.165) is 15.5 Å². The molecular weight excluding hydrogens is 264 g/mol. The summed E-state index contributed by atoms with van der Waals surface area (Å²) in [4.78, 5) is 1.86. The van der Waals surface area contributed by atoms with Gasteiger partial charge in [0.25, 0.3) is 0 Å². The maximum atomic E-state index is 9.05. The largest absolute Gasteiger partial charge is 0.455 e. The number of hydrogen-bond acceptors (Lipinski definition) is 5. The molecule has 19 heavy (non-hydrogen) atoms. The van der Waals surface area contributed by atoms with Crippen LogP contribution in [0.15, 0.2) is 45.2 Å². The zero-order valence-corrected chi connectivity index (χ0v) is 10.8. The van der Waals surface area contributed by atoms with Crippen LogP contribution < -0.4 is 0 Å². The van der Waals surface area contributed by atoms with Crippen LogP contribution in [-0.2, 0) is 13.2 Å². The summed E-state index contributed by atoms with van der Waals surface area (Å²) in [6.07, 6.45) is 0. The van der Waals surface area contributed by atoms with E-state index in [9.17, 15) is 0 Å². The molecule has 0 fully saturated rings. The highest BCUT2D eigenvalue weighted by atomic mass is 32.1. The summed E-state index contributed by atoms with van der Waals surface area (Å²) in [7, 11) is 0. The average molecular weight is 276 g/mol. The van der Waals surface area contributed by atoms with Crippen molar-refractivity contribution in [2.24, 2.45) is 0 Å². The van der Waals surface area contributed by atoms with Crippen molar-refractivity contribution in [3.05, 3.63) is 47.0 Å². The van der Waals surface area contributed by atoms with Crippen molar-refractivity contribution in [1.29, 1.82) is 0 Å². The predicted octanol–water partition coefficient (Wildman–Crippen LogP) is 3.25. The van der Waals surface area contributed by atoms with E-state index in [1.807, 2.05) is 24.3 Å². The van der Waals surface area contributed by atoms with Crippen molar-refractivity contribution in [1.82, 2.24) is 0 Å². The van der Waals surface area contributed by atoms with Gasteiger partial charge in [-0.1, -0.05) is 0 Å². The first-order valence-corrected chi connectivity index (χ1v) is 6.61. The number of rotatable bonds is 4. The Hall–Kier alpha value is -1.82. The molecule has 4 nitrogen and oxygen atoms in total. The van der Waals surface area contributed by atoms with Crippen LogP contribution in [-0.4, -0.2) is 10.2 Å². The van der Waals surface area contributed by atoms with Crippen molar-refractivity contribution >= 4 is 11.3 Å². The van der Waals surface area contributed by atoms with Gasteiger partial charge >= 0.3 is 0 Å². The van der Waals surface area contributed by atoms with Crippen molar-refractivity contribution in [3.8, 4) is 22.2 Å². The summed E-state index contributed by atoms with van der Waals surface area (Å²) in [5, 5.41) is 18.0. The lowest BCUT2D eigenvalue weighted by molar-refractivity contribution is 0.248. The molecule has 0 aliphatic heterocycles. The fourth-order valence-corrected chi connectivity index (χ4v) is 2.62. The Kier molecular flexibility index (Phi) is 3.25. The van der Waals surface area contributed by atoms with E-state index >= 15 is 0 Å². The molecule has 0 radical (unpaired) electrons. The number of thiophene rings is 1. The molecule has 0 bridgehead atoms. The summed E-state index contributed by atoms with van der Waals surface area (Å²) in [6.45, 7) is -0.0887. The molecule has 3 heterocycles. The minimum Gasteiger partial charge on any atom is -0.455 e. The third kappa shape index (κ3) is 2.35. The summed E-state index contributed by atoms with van der Waals surface area (Å²) < 4.78 is 11.1. The van der Waals surface area contributed by atoms with Crippen LogP contribution in [0.3, 0.4) is 0 Å². The van der Waals surface area contributed by atoms with Gasteiger partial charge in [-0.15, -0.1) is 11.3 Å². The molecular formula is C14H12O4S. The maximum Gasteiger partial charge on any atom is 0.170 e. The van der Waals surface area contributed by atoms with E-state index in [1.54, 1.807) is 12.1 Å². The third-order valence-corrected chi connectivity index (χ3v) is 3.81. The molecule has 2 N–H and O–H groups in total. The van der Waals surface area contributed by atoms with Crippen LogP contribution >= 0.6 is 11.3 Å². The van der Waals surface area contributed by atoms with Crippen LogP contribution in [0.1, 0.15) is 10.6 Å². The number of hydrogen-bond donors (Lipinski definition) is 2. The zero-order chi connectivity index (χ0) is 13.2. The van der Waals surface area contributed by atoms with Gasteiger partial charge in [0.15, 0.2) is 11.5 Å². The Morgan fingerprint density at radius 3 is 2.21 bits per heavy atom. The van der Waals surface area contributed by atoms with Crippen LogP contribution in [0.25, 0.3) is 22.2 Å². The molecule has 3 aromatic rings. The highest BCUT2D eigenvalue weighted by Gasteiger charge is 2.11. The molecule has 0 atom stereocenters. The smallest absolute Gasteiger partial charge is 0.170 e. The quantitative estimate of drug-likeness (QED) is 0.767. The van der Waals surface area contributed by atoms with Gasteiger partial charge in [0, 0.05) is 4.88 Å². The maximum absolute atomic E-state index is 9.05. The minimum absolute atomic E-state index is 0.0380. The standard InChI is InChI=1S/C14H12O4S/c15-7-9-1-3-11(17-9)12-4-5-13(18-12)14-6-2-10(8-16)19-14/h1-6,15-16H,7-8H2. The molecule has 98 valence electrons. The number of aliphatic hydroxyl groups is 2. The molecule has 0 spiro atoms. The van der Waals surface area contributed by atoms with Crippen LogP contribution in [0, 0.1) is 0 Å². The summed E-state index contributed by atoms with van der Waals surface area (Å²) in [6, 6.07) is 11.0. The highest BCUT2D eigenvalue weighted by Crippen LogP contribution is 2.33. The lowest BCUT2D eigenvalue weighted by atomic mass is 10.3. The SMILES string of the molecule is OCc1ccc(-c2ccc(-c3ccc(CO)s3)o2)o1. The Bertz CT molecular complexity index is 620. The molecule has 0 saturated carbocycles. The van der Waals surface area contributed by atoms with Crippen molar-refractivity contribution in [2.75, 3.05) is 0 Å². The summed E-state index contributed by atoms with van der Waals surface area (Å²) >= 11 is 1.49. The molecule has 0 aliphatic carbocycles. The first kappa shape index (κ1) is 12.2. The Morgan fingerprint density at radius 2 is 1.53 bits per heavy atom. The van der Waals surface area contributed by atoms with Crippen LogP contribution in [0.2, 0.25) is 0 Å². The highest BCUT2D eigenvalue weighted by molar-refractivity contribution is 7.15. The first-order chi connectivity index (χ1) is 9.30. The van der Waals surface area contributed by atoms with Gasteiger partial charge < -0.3 is 19.0 Å². The lowest BCUT2D eigenvalue weighted by Crippen LogP contribution is -1.73. The van der Waals surface area contributed by atoms with Crippen molar-refractivity contribution < 1.29 is 19.0 Å². The van der Waals surface area contributed by atoms with Crippen LogP contribution in [0.5, 0.6) is 0 Å². The molecule has 0 aliphatic rings. The third-order valence-electron chi connectivity index (χ3n) is 2.73. The van der Waals surface area contributed by atoms with Crippen molar-refractivity contribution in [2.45, 2.75) is 13.2 Å². The summed E-state index contributed by atoms with van der Waals surface area (Å²) in [5.74, 6) is 2.45. The Morgan fingerprint density at radius 1 is 0.789 bits per heavy atom. The average Bonchev–Trinajstić information content (AvgIpc) is 3.16. The zero-order valence-electron chi connectivity index (χ0n) is 10.00. The van der Waals surface area contributed by atoms with Gasteiger partial charge in [0.2, 0.25) is 0 Å². The second-order valence-corrected chi connectivity index (χ2v) is 5.18. The monoisotopic (exact) mass is 276 g/mol. The number of aliphatic hydroxyl groups excluding tert-OH is 2. The molecule has 0 amide bonds. The fraction of sp³-hybridized carbons (Fsp3) is 0.143. The van der Waals surface area contributed by atoms with E-state index < -0.39 is 0 Å². The van der Waals surface area contributed by atoms with Gasteiger partial charge in [0.05, 0.1) is 11.5 Å². The van der Waals surface area contributed by atoms with Gasteiger partial charge in [0.1, 0.15) is 18.1 Å². The molecule has 3 rings (SSSR count). The fourth-order valence-electron chi connectivity index (χ4n) is 1.79. The van der Waals surface area contributed by atoms with Gasteiger partial charge in [-0.05, 0) is 36.4 Å². The van der Waals surface area contributed by atoms with E-state index in [4.69, 9.17) is 19.0 Å². The topological polar surface area (TPSA) is 66.7 Å². The second kappa shape index (κ2) is 5.05. The van der Waals surface area contributed by atoms with Gasteiger partial charge in [-0.2, -0.15) is 0 Å². The van der Waals surface area contributed by atoms with Crippen LogP contribution in [0.4, 0.5) is 0 Å². The Balaban J connectivity index is 1.90. The van der Waals surface area contributed by atoms with E-state index in [-0.39, 0.29) is 13.2 Å². The minimum atomic E-state index is -0.127. The first-order valence-electron chi connectivity index (χ1n) is 5.80. The molecule has 0 unspecified atom stereocenters. The normalized spacial score (nSPS) is 11.1. The second-order valence-electron chi connectivity index (χ2n) is 4.01. The molecule has 5 heteroatoms. The van der Waals surface area contributed by atoms with E-state index in [0.29, 0.717) is 17.3 Å². The van der Waals surface area contributed by atoms with Gasteiger partial charge in [-0.3, -0.25) is 0 Å².